The van der Waals surface area contributed by atoms with Gasteiger partial charge in [0.1, 0.15) is 0 Å². The van der Waals surface area contributed by atoms with Crippen molar-refractivity contribution in [2.45, 2.75) is 52.5 Å². The summed E-state index contributed by atoms with van der Waals surface area (Å²) in [6.07, 6.45) is 2.61. The van der Waals surface area contributed by atoms with E-state index in [2.05, 4.69) is 12.2 Å². The van der Waals surface area contributed by atoms with Gasteiger partial charge in [0.05, 0.1) is 0 Å². The molecule has 6 heteroatoms. The van der Waals surface area contributed by atoms with E-state index in [9.17, 15) is 9.59 Å². The van der Waals surface area contributed by atoms with Crippen LogP contribution in [-0.2, 0) is 4.79 Å². The fourth-order valence-corrected chi connectivity index (χ4v) is 4.01. The molecular weight excluding hydrogens is 332 g/mol. The fraction of sp³-hybridized carbons (Fsp3) is 0.647. The van der Waals surface area contributed by atoms with Gasteiger partial charge >= 0.3 is 0 Å². The zero-order valence-electron chi connectivity index (χ0n) is 14.2. The molecule has 1 aliphatic rings. The lowest BCUT2D eigenvalue weighted by Crippen LogP contribution is -2.42. The third-order valence-corrected chi connectivity index (χ3v) is 5.13. The Bertz CT molecular complexity index is 539. The SMILES string of the molecule is CCCN(C(=O)CCC(=O)c1cc(C)sc1C)C1CCNC1.Cl. The minimum Gasteiger partial charge on any atom is -0.338 e. The molecule has 0 aliphatic carbocycles. The summed E-state index contributed by atoms with van der Waals surface area (Å²) in [6, 6.07) is 2.24. The van der Waals surface area contributed by atoms with Crippen LogP contribution in [0.2, 0.25) is 0 Å². The number of halogens is 1. The van der Waals surface area contributed by atoms with Crippen LogP contribution in [0.4, 0.5) is 0 Å². The summed E-state index contributed by atoms with van der Waals surface area (Å²) in [4.78, 5) is 29.0. The minimum atomic E-state index is 0. The molecule has 2 rings (SSSR count). The van der Waals surface area contributed by atoms with Crippen LogP contribution in [0.1, 0.15) is 52.7 Å². The van der Waals surface area contributed by atoms with Gasteiger partial charge in [0.15, 0.2) is 5.78 Å². The molecule has 1 amide bonds. The Morgan fingerprint density at radius 2 is 2.09 bits per heavy atom. The number of Topliss-reactive ketones (excluding diaryl/α,β-unsaturated/α-hetero) is 1. The predicted molar refractivity (Wildman–Crippen MR) is 97.9 cm³/mol. The second-order valence-electron chi connectivity index (χ2n) is 5.98. The fourth-order valence-electron chi connectivity index (χ4n) is 3.06. The van der Waals surface area contributed by atoms with E-state index in [1.165, 1.54) is 0 Å². The molecule has 2 heterocycles. The lowest BCUT2D eigenvalue weighted by molar-refractivity contribution is -0.133. The predicted octanol–water partition coefficient (Wildman–Crippen LogP) is 3.35. The molecule has 1 fully saturated rings. The molecule has 130 valence electrons. The van der Waals surface area contributed by atoms with Crippen molar-refractivity contribution < 1.29 is 9.59 Å². The molecule has 1 aromatic rings. The number of thiophene rings is 1. The lowest BCUT2D eigenvalue weighted by Gasteiger charge is -2.28. The quantitative estimate of drug-likeness (QED) is 0.760. The third-order valence-electron chi connectivity index (χ3n) is 4.17. The topological polar surface area (TPSA) is 49.4 Å². The highest BCUT2D eigenvalue weighted by Gasteiger charge is 2.26. The van der Waals surface area contributed by atoms with Crippen molar-refractivity contribution in [2.24, 2.45) is 0 Å². The number of nitrogens with zero attached hydrogens (tertiary/aromatic N) is 1. The van der Waals surface area contributed by atoms with E-state index in [0.29, 0.717) is 18.9 Å². The van der Waals surface area contributed by atoms with Crippen LogP contribution < -0.4 is 5.32 Å². The number of nitrogens with one attached hydrogen (secondary N) is 1. The average molecular weight is 359 g/mol. The molecule has 0 spiro atoms. The first kappa shape index (κ1) is 20.1. The number of hydrogen-bond donors (Lipinski definition) is 1. The van der Waals surface area contributed by atoms with Gasteiger partial charge in [0, 0.05) is 47.3 Å². The summed E-state index contributed by atoms with van der Waals surface area (Å²) in [5, 5.41) is 3.31. The summed E-state index contributed by atoms with van der Waals surface area (Å²) in [5.41, 5.74) is 0.792. The molecule has 23 heavy (non-hydrogen) atoms. The maximum atomic E-state index is 12.5. The van der Waals surface area contributed by atoms with Crippen molar-refractivity contribution in [1.82, 2.24) is 10.2 Å². The lowest BCUT2D eigenvalue weighted by atomic mass is 10.1. The minimum absolute atomic E-state index is 0. The van der Waals surface area contributed by atoms with Gasteiger partial charge in [-0.2, -0.15) is 0 Å². The first-order chi connectivity index (χ1) is 10.5. The Balaban J connectivity index is 0.00000264. The molecular formula is C17H27ClN2O2S. The second-order valence-corrected chi connectivity index (χ2v) is 7.44. The first-order valence-corrected chi connectivity index (χ1v) is 8.95. The van der Waals surface area contributed by atoms with E-state index >= 15 is 0 Å². The Morgan fingerprint density at radius 1 is 1.35 bits per heavy atom. The summed E-state index contributed by atoms with van der Waals surface area (Å²) < 4.78 is 0. The number of ketones is 1. The van der Waals surface area contributed by atoms with Gasteiger partial charge in [-0.1, -0.05) is 6.92 Å². The van der Waals surface area contributed by atoms with Crippen molar-refractivity contribution in [3.8, 4) is 0 Å². The monoisotopic (exact) mass is 358 g/mol. The molecule has 1 N–H and O–H groups in total. The standard InChI is InChI=1S/C17H26N2O2S.ClH/c1-4-9-19(14-7-8-18-11-14)17(21)6-5-16(20)15-10-12(2)22-13(15)3;/h10,14,18H,4-9,11H2,1-3H3;1H. The third kappa shape index (κ3) is 5.30. The summed E-state index contributed by atoms with van der Waals surface area (Å²) in [7, 11) is 0. The van der Waals surface area contributed by atoms with Crippen LogP contribution in [0.5, 0.6) is 0 Å². The molecule has 0 aromatic carbocycles. The van der Waals surface area contributed by atoms with Gasteiger partial charge < -0.3 is 10.2 Å². The van der Waals surface area contributed by atoms with Crippen LogP contribution in [-0.4, -0.2) is 42.3 Å². The average Bonchev–Trinajstić information content (AvgIpc) is 3.11. The van der Waals surface area contributed by atoms with Crippen molar-refractivity contribution in [1.29, 1.82) is 0 Å². The van der Waals surface area contributed by atoms with Crippen LogP contribution in [0.25, 0.3) is 0 Å². The number of aryl methyl sites for hydroxylation is 2. The molecule has 0 radical (unpaired) electrons. The number of carbonyl (C=O) groups is 2. The molecule has 1 atom stereocenters. The van der Waals surface area contributed by atoms with Crippen molar-refractivity contribution in [2.75, 3.05) is 19.6 Å². The van der Waals surface area contributed by atoms with Crippen molar-refractivity contribution in [3.05, 3.63) is 21.4 Å². The molecule has 1 aromatic heterocycles. The van der Waals surface area contributed by atoms with Gasteiger partial charge in [0.25, 0.3) is 0 Å². The van der Waals surface area contributed by atoms with Gasteiger partial charge in [-0.3, -0.25) is 9.59 Å². The Hall–Kier alpha value is -0.910. The number of rotatable bonds is 7. The summed E-state index contributed by atoms with van der Waals surface area (Å²) in [6.45, 7) is 8.71. The molecule has 4 nitrogen and oxygen atoms in total. The summed E-state index contributed by atoms with van der Waals surface area (Å²) >= 11 is 1.64. The van der Waals surface area contributed by atoms with E-state index in [1.54, 1.807) is 11.3 Å². The smallest absolute Gasteiger partial charge is 0.223 e. The molecule has 1 aliphatic heterocycles. The first-order valence-electron chi connectivity index (χ1n) is 8.13. The largest absolute Gasteiger partial charge is 0.338 e. The van der Waals surface area contributed by atoms with Crippen LogP contribution in [0.3, 0.4) is 0 Å². The highest BCUT2D eigenvalue weighted by atomic mass is 35.5. The van der Waals surface area contributed by atoms with Crippen molar-refractivity contribution in [3.63, 3.8) is 0 Å². The van der Waals surface area contributed by atoms with Crippen molar-refractivity contribution >= 4 is 35.4 Å². The Labute approximate surface area is 149 Å². The molecule has 1 saturated heterocycles. The molecule has 1 unspecified atom stereocenters. The van der Waals surface area contributed by atoms with Crippen LogP contribution >= 0.6 is 23.7 Å². The normalized spacial score (nSPS) is 16.9. The Morgan fingerprint density at radius 3 is 2.61 bits per heavy atom. The highest BCUT2D eigenvalue weighted by Crippen LogP contribution is 2.22. The second kappa shape index (κ2) is 9.40. The van der Waals surface area contributed by atoms with Gasteiger partial charge in [-0.15, -0.1) is 23.7 Å². The van der Waals surface area contributed by atoms with Gasteiger partial charge in [-0.05, 0) is 39.3 Å². The molecule has 0 bridgehead atoms. The van der Waals surface area contributed by atoms with E-state index in [1.807, 2.05) is 24.8 Å². The number of carbonyl (C=O) groups excluding carboxylic acids is 2. The van der Waals surface area contributed by atoms with E-state index in [-0.39, 0.29) is 24.1 Å². The maximum absolute atomic E-state index is 12.5. The zero-order valence-corrected chi connectivity index (χ0v) is 15.8. The summed E-state index contributed by atoms with van der Waals surface area (Å²) in [5.74, 6) is 0.213. The zero-order chi connectivity index (χ0) is 16.1. The number of hydrogen-bond acceptors (Lipinski definition) is 4. The maximum Gasteiger partial charge on any atom is 0.223 e. The number of amides is 1. The van der Waals surface area contributed by atoms with Gasteiger partial charge in [-0.25, -0.2) is 0 Å². The van der Waals surface area contributed by atoms with E-state index in [4.69, 9.17) is 0 Å². The van der Waals surface area contributed by atoms with Crippen LogP contribution in [0.15, 0.2) is 6.07 Å². The van der Waals surface area contributed by atoms with Crippen LogP contribution in [0, 0.1) is 13.8 Å². The van der Waals surface area contributed by atoms with Gasteiger partial charge in [0.2, 0.25) is 5.91 Å². The Kier molecular flexibility index (Phi) is 8.23. The van der Waals surface area contributed by atoms with E-state index < -0.39 is 0 Å². The highest BCUT2D eigenvalue weighted by molar-refractivity contribution is 7.12. The molecule has 0 saturated carbocycles. The van der Waals surface area contributed by atoms with E-state index in [0.717, 1.165) is 47.8 Å².